The van der Waals surface area contributed by atoms with Crippen molar-refractivity contribution in [3.05, 3.63) is 29.8 Å². The summed E-state index contributed by atoms with van der Waals surface area (Å²) in [7, 11) is 0. The average molecular weight is 276 g/mol. The highest BCUT2D eigenvalue weighted by Gasteiger charge is 2.21. The van der Waals surface area contributed by atoms with Gasteiger partial charge in [-0.3, -0.25) is 4.90 Å². The van der Waals surface area contributed by atoms with Crippen LogP contribution in [0, 0.1) is 0 Å². The number of benzene rings is 1. The lowest BCUT2D eigenvalue weighted by atomic mass is 10.0. The molecule has 1 N–H and O–H groups in total. The smallest absolute Gasteiger partial charge is 0.123 e. The summed E-state index contributed by atoms with van der Waals surface area (Å²) in [6.45, 7) is 9.53. The Kier molecular flexibility index (Phi) is 6.34. The summed E-state index contributed by atoms with van der Waals surface area (Å²) in [4.78, 5) is 2.64. The van der Waals surface area contributed by atoms with E-state index < -0.39 is 0 Å². The highest BCUT2D eigenvalue weighted by molar-refractivity contribution is 5.33. The maximum absolute atomic E-state index is 5.76. The van der Waals surface area contributed by atoms with Gasteiger partial charge in [-0.25, -0.2) is 0 Å². The highest BCUT2D eigenvalue weighted by Crippen LogP contribution is 2.23. The fraction of sp³-hybridized carbons (Fsp3) is 0.647. The molecule has 0 spiro atoms. The first-order chi connectivity index (χ1) is 9.85. The Labute approximate surface area is 123 Å². The molecule has 2 rings (SSSR count). The Bertz CT molecular complexity index is 388. The molecule has 3 nitrogen and oxygen atoms in total. The fourth-order valence-electron chi connectivity index (χ4n) is 3.00. The van der Waals surface area contributed by atoms with Crippen LogP contribution in [0.4, 0.5) is 0 Å². The Morgan fingerprint density at radius 3 is 2.65 bits per heavy atom. The van der Waals surface area contributed by atoms with E-state index in [4.69, 9.17) is 4.74 Å². The van der Waals surface area contributed by atoms with E-state index in [1.807, 2.05) is 6.92 Å². The zero-order chi connectivity index (χ0) is 14.2. The van der Waals surface area contributed by atoms with Crippen molar-refractivity contribution in [2.45, 2.75) is 45.7 Å². The molecule has 1 aromatic carbocycles. The number of hydrogen-bond donors (Lipinski definition) is 1. The number of hydrogen-bond acceptors (Lipinski definition) is 3. The normalized spacial score (nSPS) is 16.6. The van der Waals surface area contributed by atoms with Gasteiger partial charge in [0.25, 0.3) is 0 Å². The van der Waals surface area contributed by atoms with Gasteiger partial charge in [-0.2, -0.15) is 0 Å². The first-order valence-electron chi connectivity index (χ1n) is 8.00. The summed E-state index contributed by atoms with van der Waals surface area (Å²) in [5, 5.41) is 3.46. The van der Waals surface area contributed by atoms with Gasteiger partial charge < -0.3 is 10.1 Å². The Balaban J connectivity index is 2.06. The molecule has 3 heteroatoms. The molecule has 0 unspecified atom stereocenters. The van der Waals surface area contributed by atoms with E-state index in [0.29, 0.717) is 6.04 Å². The van der Waals surface area contributed by atoms with E-state index in [0.717, 1.165) is 32.0 Å². The van der Waals surface area contributed by atoms with Crippen LogP contribution >= 0.6 is 0 Å². The Morgan fingerprint density at radius 1 is 1.20 bits per heavy atom. The van der Waals surface area contributed by atoms with Gasteiger partial charge in [-0.05, 0) is 51.9 Å². The van der Waals surface area contributed by atoms with Gasteiger partial charge in [0.05, 0.1) is 6.61 Å². The lowest BCUT2D eigenvalue weighted by Gasteiger charge is -2.34. The topological polar surface area (TPSA) is 24.5 Å². The van der Waals surface area contributed by atoms with E-state index in [1.165, 1.54) is 31.4 Å². The van der Waals surface area contributed by atoms with Crippen LogP contribution in [-0.4, -0.2) is 37.2 Å². The average Bonchev–Trinajstić information content (AvgIpc) is 2.50. The largest absolute Gasteiger partial charge is 0.494 e. The molecule has 1 aliphatic rings. The van der Waals surface area contributed by atoms with Crippen LogP contribution in [0.3, 0.4) is 0 Å². The Hall–Kier alpha value is -1.06. The van der Waals surface area contributed by atoms with Crippen LogP contribution in [0.1, 0.15) is 38.7 Å². The lowest BCUT2D eigenvalue weighted by Crippen LogP contribution is -2.43. The van der Waals surface area contributed by atoms with E-state index in [-0.39, 0.29) is 0 Å². The molecule has 0 saturated carbocycles. The molecule has 1 fully saturated rings. The third-order valence-corrected chi connectivity index (χ3v) is 3.98. The molecule has 1 aromatic rings. The molecule has 112 valence electrons. The van der Waals surface area contributed by atoms with Crippen molar-refractivity contribution >= 4 is 0 Å². The summed E-state index contributed by atoms with van der Waals surface area (Å²) >= 11 is 0. The van der Waals surface area contributed by atoms with Crippen molar-refractivity contribution in [1.82, 2.24) is 10.2 Å². The zero-order valence-electron chi connectivity index (χ0n) is 12.9. The number of para-hydroxylation sites is 1. The standard InChI is InChI=1S/C17H28N2O/c1-3-13-19(16-9-11-18-12-10-16)14-15-7-5-6-8-17(15)20-4-2/h5-8,16,18H,3-4,9-14H2,1-2H3. The number of piperidine rings is 1. The minimum Gasteiger partial charge on any atom is -0.494 e. The Morgan fingerprint density at radius 2 is 1.95 bits per heavy atom. The van der Waals surface area contributed by atoms with Crippen molar-refractivity contribution in [2.75, 3.05) is 26.2 Å². The highest BCUT2D eigenvalue weighted by atomic mass is 16.5. The third-order valence-electron chi connectivity index (χ3n) is 3.98. The summed E-state index contributed by atoms with van der Waals surface area (Å²) in [6, 6.07) is 9.18. The fourth-order valence-corrected chi connectivity index (χ4v) is 3.00. The van der Waals surface area contributed by atoms with E-state index in [1.54, 1.807) is 0 Å². The van der Waals surface area contributed by atoms with E-state index >= 15 is 0 Å². The van der Waals surface area contributed by atoms with Crippen molar-refractivity contribution in [2.24, 2.45) is 0 Å². The molecule has 0 amide bonds. The van der Waals surface area contributed by atoms with Crippen LogP contribution in [0.15, 0.2) is 24.3 Å². The van der Waals surface area contributed by atoms with Gasteiger partial charge in [-0.15, -0.1) is 0 Å². The molecule has 0 aliphatic carbocycles. The van der Waals surface area contributed by atoms with Gasteiger partial charge in [0.2, 0.25) is 0 Å². The van der Waals surface area contributed by atoms with Crippen molar-refractivity contribution in [3.8, 4) is 5.75 Å². The number of nitrogens with one attached hydrogen (secondary N) is 1. The van der Waals surface area contributed by atoms with Crippen LogP contribution in [0.5, 0.6) is 5.75 Å². The second kappa shape index (κ2) is 8.28. The van der Waals surface area contributed by atoms with Crippen molar-refractivity contribution < 1.29 is 4.74 Å². The first kappa shape index (κ1) is 15.3. The minimum atomic E-state index is 0.714. The summed E-state index contributed by atoms with van der Waals surface area (Å²) < 4.78 is 5.76. The van der Waals surface area contributed by atoms with Gasteiger partial charge >= 0.3 is 0 Å². The number of rotatable bonds is 7. The molecular formula is C17H28N2O. The van der Waals surface area contributed by atoms with Crippen LogP contribution in [-0.2, 0) is 6.54 Å². The summed E-state index contributed by atoms with van der Waals surface area (Å²) in [5.41, 5.74) is 1.32. The van der Waals surface area contributed by atoms with Crippen LogP contribution in [0.25, 0.3) is 0 Å². The second-order valence-electron chi connectivity index (χ2n) is 5.49. The summed E-state index contributed by atoms with van der Waals surface area (Å²) in [5.74, 6) is 1.05. The van der Waals surface area contributed by atoms with Gasteiger partial charge in [0.1, 0.15) is 5.75 Å². The van der Waals surface area contributed by atoms with Crippen LogP contribution in [0.2, 0.25) is 0 Å². The molecule has 20 heavy (non-hydrogen) atoms. The first-order valence-corrected chi connectivity index (χ1v) is 8.00. The molecular weight excluding hydrogens is 248 g/mol. The molecule has 0 radical (unpaired) electrons. The maximum Gasteiger partial charge on any atom is 0.123 e. The quantitative estimate of drug-likeness (QED) is 0.828. The predicted molar refractivity (Wildman–Crippen MR) is 84.2 cm³/mol. The second-order valence-corrected chi connectivity index (χ2v) is 5.49. The zero-order valence-corrected chi connectivity index (χ0v) is 12.9. The minimum absolute atomic E-state index is 0.714. The summed E-state index contributed by atoms with van der Waals surface area (Å²) in [6.07, 6.45) is 3.73. The number of ether oxygens (including phenoxy) is 1. The van der Waals surface area contributed by atoms with Gasteiger partial charge in [-0.1, -0.05) is 25.1 Å². The van der Waals surface area contributed by atoms with Crippen LogP contribution < -0.4 is 10.1 Å². The predicted octanol–water partition coefficient (Wildman–Crippen LogP) is 3.05. The van der Waals surface area contributed by atoms with Crippen molar-refractivity contribution in [1.29, 1.82) is 0 Å². The number of nitrogens with zero attached hydrogens (tertiary/aromatic N) is 1. The molecule has 1 heterocycles. The third kappa shape index (κ3) is 4.22. The lowest BCUT2D eigenvalue weighted by molar-refractivity contribution is 0.152. The maximum atomic E-state index is 5.76. The molecule has 1 saturated heterocycles. The molecule has 0 atom stereocenters. The van der Waals surface area contributed by atoms with E-state index in [2.05, 4.69) is 41.4 Å². The monoisotopic (exact) mass is 276 g/mol. The van der Waals surface area contributed by atoms with Crippen molar-refractivity contribution in [3.63, 3.8) is 0 Å². The van der Waals surface area contributed by atoms with Gasteiger partial charge in [0, 0.05) is 18.2 Å². The molecule has 0 aromatic heterocycles. The van der Waals surface area contributed by atoms with E-state index in [9.17, 15) is 0 Å². The van der Waals surface area contributed by atoms with Gasteiger partial charge in [0.15, 0.2) is 0 Å². The SMILES string of the molecule is CCCN(Cc1ccccc1OCC)C1CCNCC1. The molecule has 0 bridgehead atoms. The molecule has 1 aliphatic heterocycles.